The van der Waals surface area contributed by atoms with Gasteiger partial charge < -0.3 is 0 Å². The third kappa shape index (κ3) is 4.97. The molecule has 0 fully saturated rings. The molecule has 4 aromatic rings. The monoisotopic (exact) mass is 461 g/mol. The van der Waals surface area contributed by atoms with E-state index in [-0.39, 0.29) is 23.4 Å². The van der Waals surface area contributed by atoms with E-state index in [9.17, 15) is 13.2 Å². The highest BCUT2D eigenvalue weighted by Crippen LogP contribution is 2.25. The Labute approximate surface area is 196 Å². The van der Waals surface area contributed by atoms with Crippen molar-refractivity contribution in [3.05, 3.63) is 117 Å². The smallest absolute Gasteiger partial charge is 0.141 e. The van der Waals surface area contributed by atoms with Crippen LogP contribution >= 0.6 is 0 Å². The topological polar surface area (TPSA) is 23.8 Å². The van der Waals surface area contributed by atoms with Gasteiger partial charge in [0, 0.05) is 10.9 Å². The van der Waals surface area contributed by atoms with E-state index in [0.717, 1.165) is 5.56 Å². The number of benzene rings is 4. The molecule has 1 nitrogen and oxygen atoms in total. The molecule has 0 aliphatic heterocycles. The summed E-state index contributed by atoms with van der Waals surface area (Å²) in [5.41, 5.74) is 2.76. The van der Waals surface area contributed by atoms with Gasteiger partial charge in [0.25, 0.3) is 0 Å². The van der Waals surface area contributed by atoms with E-state index in [4.69, 9.17) is 5.26 Å². The van der Waals surface area contributed by atoms with Gasteiger partial charge in [-0.25, -0.2) is 17.6 Å². The summed E-state index contributed by atoms with van der Waals surface area (Å²) in [6, 6.07) is 17.8. The number of fused-ring (bicyclic) bond motifs is 1. The Morgan fingerprint density at radius 1 is 0.676 bits per heavy atom. The maximum Gasteiger partial charge on any atom is 0.141 e. The van der Waals surface area contributed by atoms with Crippen molar-refractivity contribution in [1.29, 1.82) is 5.26 Å². The summed E-state index contributed by atoms with van der Waals surface area (Å²) in [6.45, 7) is 1.85. The molecule has 0 saturated carbocycles. The Morgan fingerprint density at radius 2 is 1.32 bits per heavy atom. The largest absolute Gasteiger partial charge is 0.207 e. The van der Waals surface area contributed by atoms with Crippen LogP contribution in [0.2, 0.25) is 0 Å². The van der Waals surface area contributed by atoms with Crippen molar-refractivity contribution in [2.45, 2.75) is 39.0 Å². The molecular weight excluding hydrogens is 438 g/mol. The Morgan fingerprint density at radius 3 is 2.00 bits per heavy atom. The van der Waals surface area contributed by atoms with Crippen LogP contribution in [0.15, 0.2) is 60.7 Å². The lowest BCUT2D eigenvalue weighted by atomic mass is 9.96. The van der Waals surface area contributed by atoms with Gasteiger partial charge in [-0.2, -0.15) is 5.26 Å². The molecule has 0 aliphatic rings. The number of hydrogen-bond acceptors (Lipinski definition) is 1. The normalized spacial score (nSPS) is 11.1. The third-order valence-electron chi connectivity index (χ3n) is 6.21. The molecule has 4 rings (SSSR count). The van der Waals surface area contributed by atoms with Crippen molar-refractivity contribution in [3.8, 4) is 6.07 Å². The van der Waals surface area contributed by atoms with Gasteiger partial charge in [-0.05, 0) is 84.0 Å². The summed E-state index contributed by atoms with van der Waals surface area (Å²) >= 11 is 0. The van der Waals surface area contributed by atoms with Crippen LogP contribution in [0.25, 0.3) is 10.8 Å². The van der Waals surface area contributed by atoms with Crippen molar-refractivity contribution in [1.82, 2.24) is 0 Å². The van der Waals surface area contributed by atoms with E-state index >= 15 is 4.39 Å². The molecule has 5 heteroatoms. The molecule has 0 unspecified atom stereocenters. The van der Waals surface area contributed by atoms with Crippen molar-refractivity contribution in [2.75, 3.05) is 0 Å². The zero-order chi connectivity index (χ0) is 24.2. The Hall–Kier alpha value is -3.65. The van der Waals surface area contributed by atoms with Gasteiger partial charge in [-0.15, -0.1) is 0 Å². The molecule has 34 heavy (non-hydrogen) atoms. The first-order valence-electron chi connectivity index (χ1n) is 11.2. The van der Waals surface area contributed by atoms with E-state index in [1.165, 1.54) is 24.3 Å². The molecule has 0 radical (unpaired) electrons. The molecule has 0 aromatic heterocycles. The molecule has 0 spiro atoms. The lowest BCUT2D eigenvalue weighted by molar-refractivity contribution is 0.551. The zero-order valence-corrected chi connectivity index (χ0v) is 18.8. The second-order valence-electron chi connectivity index (χ2n) is 8.41. The van der Waals surface area contributed by atoms with Gasteiger partial charge in [-0.1, -0.05) is 43.3 Å². The maximum atomic E-state index is 15.1. The van der Waals surface area contributed by atoms with Crippen LogP contribution < -0.4 is 0 Å². The highest BCUT2D eigenvalue weighted by molar-refractivity contribution is 5.84. The summed E-state index contributed by atoms with van der Waals surface area (Å²) in [7, 11) is 0. The van der Waals surface area contributed by atoms with Crippen molar-refractivity contribution < 1.29 is 17.6 Å². The van der Waals surface area contributed by atoms with Gasteiger partial charge in [-0.3, -0.25) is 0 Å². The van der Waals surface area contributed by atoms with E-state index in [1.54, 1.807) is 30.3 Å². The first-order chi connectivity index (χ1) is 16.4. The molecule has 0 atom stereocenters. The van der Waals surface area contributed by atoms with Gasteiger partial charge in [0.05, 0.1) is 5.56 Å². The van der Waals surface area contributed by atoms with Crippen molar-refractivity contribution in [2.24, 2.45) is 0 Å². The fourth-order valence-electron chi connectivity index (χ4n) is 4.19. The summed E-state index contributed by atoms with van der Waals surface area (Å²) < 4.78 is 57.5. The average Bonchev–Trinajstić information content (AvgIpc) is 2.83. The predicted octanol–water partition coefficient (Wildman–Crippen LogP) is 7.40. The molecule has 4 aromatic carbocycles. The van der Waals surface area contributed by atoms with E-state index < -0.39 is 17.5 Å². The lowest BCUT2D eigenvalue weighted by Gasteiger charge is -2.10. The number of aryl methyl sites for hydroxylation is 4. The van der Waals surface area contributed by atoms with Crippen LogP contribution in [0, 0.1) is 34.6 Å². The molecule has 0 heterocycles. The van der Waals surface area contributed by atoms with Crippen LogP contribution in [0.5, 0.6) is 0 Å². The third-order valence-corrected chi connectivity index (χ3v) is 6.21. The number of nitrogens with zero attached hydrogens (tertiary/aromatic N) is 1. The van der Waals surface area contributed by atoms with Crippen molar-refractivity contribution in [3.63, 3.8) is 0 Å². The minimum absolute atomic E-state index is 0.0140. The summed E-state index contributed by atoms with van der Waals surface area (Å²) in [4.78, 5) is 0. The van der Waals surface area contributed by atoms with Crippen LogP contribution in [0.4, 0.5) is 17.6 Å². The van der Waals surface area contributed by atoms with Gasteiger partial charge >= 0.3 is 0 Å². The van der Waals surface area contributed by atoms with Crippen LogP contribution in [0.1, 0.15) is 40.3 Å². The molecule has 0 bridgehead atoms. The standard InChI is InChI=1S/C29H23F4N/c1-2-18-14-27(31)25(28(32)15-18)12-6-19-5-11-24-22(13-19)10-9-21(29(24)33)7-3-20-4-8-23(17-34)26(30)16-20/h4-5,8-11,13-16H,2-3,6-7,12H2,1H3. The minimum atomic E-state index is -0.576. The number of rotatable bonds is 7. The highest BCUT2D eigenvalue weighted by atomic mass is 19.1. The fraction of sp³-hybridized carbons (Fsp3) is 0.207. The molecule has 0 N–H and O–H groups in total. The highest BCUT2D eigenvalue weighted by Gasteiger charge is 2.13. The molecule has 0 saturated heterocycles. The quantitative estimate of drug-likeness (QED) is 0.263. The van der Waals surface area contributed by atoms with Gasteiger partial charge in [0.2, 0.25) is 0 Å². The summed E-state index contributed by atoms with van der Waals surface area (Å²) in [5, 5.41) is 10.0. The summed E-state index contributed by atoms with van der Waals surface area (Å²) in [5.74, 6) is -1.97. The van der Waals surface area contributed by atoms with Crippen molar-refractivity contribution >= 4 is 10.8 Å². The van der Waals surface area contributed by atoms with Crippen LogP contribution in [-0.2, 0) is 32.1 Å². The zero-order valence-electron chi connectivity index (χ0n) is 18.8. The predicted molar refractivity (Wildman–Crippen MR) is 126 cm³/mol. The van der Waals surface area contributed by atoms with Crippen LogP contribution in [0.3, 0.4) is 0 Å². The second kappa shape index (κ2) is 10.1. The van der Waals surface area contributed by atoms with Gasteiger partial charge in [0.1, 0.15) is 29.3 Å². The van der Waals surface area contributed by atoms with Gasteiger partial charge in [0.15, 0.2) is 0 Å². The molecule has 0 aliphatic carbocycles. The first-order valence-corrected chi connectivity index (χ1v) is 11.2. The number of nitriles is 1. The molecule has 172 valence electrons. The molecular formula is C29H23F4N. The minimum Gasteiger partial charge on any atom is -0.207 e. The van der Waals surface area contributed by atoms with E-state index in [1.807, 2.05) is 19.1 Å². The Balaban J connectivity index is 1.48. The maximum absolute atomic E-state index is 15.1. The van der Waals surface area contributed by atoms with Crippen LogP contribution in [-0.4, -0.2) is 0 Å². The second-order valence-corrected chi connectivity index (χ2v) is 8.41. The SMILES string of the molecule is CCc1cc(F)c(CCc2ccc3c(F)c(CCc4ccc(C#N)c(F)c4)ccc3c2)c(F)c1. The first kappa shape index (κ1) is 23.5. The van der Waals surface area contributed by atoms with E-state index in [2.05, 4.69) is 0 Å². The average molecular weight is 462 g/mol. The molecule has 0 amide bonds. The lowest BCUT2D eigenvalue weighted by Crippen LogP contribution is -2.01. The Bertz CT molecular complexity index is 1380. The van der Waals surface area contributed by atoms with E-state index in [0.29, 0.717) is 53.1 Å². The summed E-state index contributed by atoms with van der Waals surface area (Å²) in [6.07, 6.45) is 2.05. The fourth-order valence-corrected chi connectivity index (χ4v) is 4.19. The Kier molecular flexibility index (Phi) is 6.98. The number of hydrogen-bond donors (Lipinski definition) is 0. The number of halogens is 4.